The minimum absolute atomic E-state index is 0. The van der Waals surface area contributed by atoms with Crippen LogP contribution in [-0.2, 0) is 22.0 Å². The van der Waals surface area contributed by atoms with Crippen molar-refractivity contribution >= 4 is 0 Å². The fraction of sp³-hybridized carbons (Fsp3) is 1.00. The molecular weight excluding hydrogens is 93.6 g/mol. The Kier molecular flexibility index (Phi) is 641. The fourth-order valence-electron chi connectivity index (χ4n) is 0. The first-order valence-electron chi connectivity index (χ1n) is 0. The van der Waals surface area contributed by atoms with Gasteiger partial charge in [-0.3, -0.25) is 0 Å². The normalized spacial score (nSPS) is 0. The first kappa shape index (κ1) is 75.0. The van der Waals surface area contributed by atoms with Crippen LogP contribution in [0.3, 0.4) is 0 Å². The maximum atomic E-state index is 0. The third-order valence-electron chi connectivity index (χ3n) is 0. The van der Waals surface area contributed by atoms with E-state index in [2.05, 4.69) is 0 Å². The summed E-state index contributed by atoms with van der Waals surface area (Å²) >= 11 is 0. The third-order valence-corrected chi connectivity index (χ3v) is 0. The van der Waals surface area contributed by atoms with Gasteiger partial charge in [-0.15, -0.1) is 0 Å². The van der Waals surface area contributed by atoms with Crippen LogP contribution in [-0.4, -0.2) is 0 Å². The number of rotatable bonds is 0. The van der Waals surface area contributed by atoms with E-state index in [1.807, 2.05) is 0 Å². The molecule has 0 radical (unpaired) electrons. The Labute approximate surface area is 50.0 Å². The average molecular weight is 98.7 g/mol. The molecule has 0 spiro atoms. The van der Waals surface area contributed by atoms with Crippen molar-refractivity contribution in [1.82, 2.24) is 0 Å². The van der Waals surface area contributed by atoms with E-state index in [1.165, 1.54) is 0 Å². The monoisotopic (exact) mass is 98.0 g/mol. The van der Waals surface area contributed by atoms with E-state index in [9.17, 15) is 0 Å². The molecule has 1 nitrogen and oxygen atoms in total. The van der Waals surface area contributed by atoms with E-state index in [0.717, 1.165) is 0 Å². The molecule has 0 saturated heterocycles. The van der Waals surface area contributed by atoms with Crippen molar-refractivity contribution in [1.29, 1.82) is 0 Å². The summed E-state index contributed by atoms with van der Waals surface area (Å²) in [5.41, 5.74) is 0. The standard InChI is InChI=1S/CH4.Li.Ni.O.H/h1H4;;;;/q;+1;+2;-2;-1. The molecule has 0 heterocycles. The Morgan fingerprint density at radius 1 is 1.25 bits per heavy atom. The van der Waals surface area contributed by atoms with Gasteiger partial charge in [0, 0.05) is 0 Å². The van der Waals surface area contributed by atoms with Crippen molar-refractivity contribution in [3.63, 3.8) is 0 Å². The van der Waals surface area contributed by atoms with Crippen LogP contribution >= 0.6 is 0 Å². The van der Waals surface area contributed by atoms with Crippen LogP contribution in [0.15, 0.2) is 0 Å². The van der Waals surface area contributed by atoms with Crippen molar-refractivity contribution in [2.45, 2.75) is 7.43 Å². The van der Waals surface area contributed by atoms with Gasteiger partial charge in [-0.2, -0.15) is 0 Å². The van der Waals surface area contributed by atoms with Crippen LogP contribution < -0.4 is 18.9 Å². The molecule has 0 aromatic heterocycles. The van der Waals surface area contributed by atoms with E-state index in [4.69, 9.17) is 0 Å². The molecule has 0 aliphatic carbocycles. The van der Waals surface area contributed by atoms with Gasteiger partial charge in [0.05, 0.1) is 0 Å². The van der Waals surface area contributed by atoms with Gasteiger partial charge in [-0.25, -0.2) is 0 Å². The SMILES string of the molecule is C.[H-].[Li+].[Ni+2].[O-2]. The molecule has 26 valence electrons. The molecule has 0 N–H and O–H groups in total. The van der Waals surface area contributed by atoms with Crippen molar-refractivity contribution in [3.05, 3.63) is 0 Å². The first-order valence-corrected chi connectivity index (χ1v) is 0. The topological polar surface area (TPSA) is 28.5 Å². The molecule has 0 bridgehead atoms. The van der Waals surface area contributed by atoms with E-state index in [-0.39, 0.29) is 49.7 Å². The van der Waals surface area contributed by atoms with E-state index in [1.54, 1.807) is 0 Å². The summed E-state index contributed by atoms with van der Waals surface area (Å²) in [4.78, 5) is 0. The summed E-state index contributed by atoms with van der Waals surface area (Å²) < 4.78 is 0. The Morgan fingerprint density at radius 2 is 1.25 bits per heavy atom. The second-order valence-electron chi connectivity index (χ2n) is 0. The molecular formula is CH5LiNiO. The zero-order chi connectivity index (χ0) is 0. The Bertz CT molecular complexity index is 11.6. The van der Waals surface area contributed by atoms with Crippen LogP contribution in [0.2, 0.25) is 0 Å². The summed E-state index contributed by atoms with van der Waals surface area (Å²) in [7, 11) is 0. The van der Waals surface area contributed by atoms with Crippen LogP contribution in [0.4, 0.5) is 0 Å². The van der Waals surface area contributed by atoms with Gasteiger partial charge in [0.15, 0.2) is 0 Å². The summed E-state index contributed by atoms with van der Waals surface area (Å²) in [6.07, 6.45) is 0. The minimum atomic E-state index is 0. The van der Waals surface area contributed by atoms with Crippen LogP contribution in [0.1, 0.15) is 8.85 Å². The summed E-state index contributed by atoms with van der Waals surface area (Å²) in [5.74, 6) is 0. The number of hydrogen-bond donors (Lipinski definition) is 0. The molecule has 0 aliphatic heterocycles. The maximum Gasteiger partial charge on any atom is 2.00 e. The van der Waals surface area contributed by atoms with Crippen molar-refractivity contribution < 1.29 is 42.3 Å². The van der Waals surface area contributed by atoms with Gasteiger partial charge in [0.2, 0.25) is 0 Å². The van der Waals surface area contributed by atoms with Gasteiger partial charge in [0.25, 0.3) is 0 Å². The molecule has 0 aromatic rings. The maximum absolute atomic E-state index is 0. The predicted molar refractivity (Wildman–Crippen MR) is 8.53 cm³/mol. The zero-order valence-corrected chi connectivity index (χ0v) is 2.71. The summed E-state index contributed by atoms with van der Waals surface area (Å²) in [6.45, 7) is 0. The molecule has 0 atom stereocenters. The van der Waals surface area contributed by atoms with Crippen molar-refractivity contribution in [3.8, 4) is 0 Å². The van der Waals surface area contributed by atoms with E-state index in [0.29, 0.717) is 0 Å². The minimum Gasteiger partial charge on any atom is -2.00 e. The second-order valence-corrected chi connectivity index (χ2v) is 0. The van der Waals surface area contributed by atoms with Crippen molar-refractivity contribution in [2.24, 2.45) is 0 Å². The first-order chi connectivity index (χ1) is 0. The Hall–Kier alpha value is 1.05. The molecule has 0 saturated carbocycles. The smallest absolute Gasteiger partial charge is 2.00 e. The van der Waals surface area contributed by atoms with Gasteiger partial charge in [-0.1, -0.05) is 7.43 Å². The quantitative estimate of drug-likeness (QED) is 0.303. The summed E-state index contributed by atoms with van der Waals surface area (Å²) in [6, 6.07) is 0. The molecule has 4 heavy (non-hydrogen) atoms. The van der Waals surface area contributed by atoms with E-state index < -0.39 is 0 Å². The molecule has 0 aliphatic rings. The van der Waals surface area contributed by atoms with Gasteiger partial charge >= 0.3 is 35.4 Å². The van der Waals surface area contributed by atoms with E-state index >= 15 is 0 Å². The van der Waals surface area contributed by atoms with Crippen LogP contribution in [0.25, 0.3) is 0 Å². The molecule has 0 fully saturated rings. The average Bonchev–Trinajstić information content (AvgIpc) is 0. The fourth-order valence-corrected chi connectivity index (χ4v) is 0. The molecule has 0 aromatic carbocycles. The zero-order valence-electron chi connectivity index (χ0n) is 2.72. The largest absolute Gasteiger partial charge is 2.00 e. The van der Waals surface area contributed by atoms with Gasteiger partial charge in [-0.05, 0) is 0 Å². The second kappa shape index (κ2) is 34.1. The Morgan fingerprint density at radius 3 is 1.25 bits per heavy atom. The van der Waals surface area contributed by atoms with Gasteiger partial charge in [0.1, 0.15) is 0 Å². The summed E-state index contributed by atoms with van der Waals surface area (Å²) in [5, 5.41) is 0. The van der Waals surface area contributed by atoms with Crippen LogP contribution in [0, 0.1) is 0 Å². The predicted octanol–water partition coefficient (Wildman–Crippen LogP) is -2.37. The Balaban J connectivity index is 0. The number of hydrogen-bond acceptors (Lipinski definition) is 0. The molecule has 3 heteroatoms. The molecule has 0 unspecified atom stereocenters. The van der Waals surface area contributed by atoms with Gasteiger partial charge < -0.3 is 6.90 Å². The van der Waals surface area contributed by atoms with Crippen LogP contribution in [0.5, 0.6) is 0 Å². The third kappa shape index (κ3) is 11.6. The molecule has 0 amide bonds. The van der Waals surface area contributed by atoms with Crippen molar-refractivity contribution in [2.75, 3.05) is 0 Å². The molecule has 0 rings (SSSR count).